The molecule has 0 spiro atoms. The highest BCUT2D eigenvalue weighted by molar-refractivity contribution is 5.23. The van der Waals surface area contributed by atoms with Crippen LogP contribution in [0.1, 0.15) is 65.7 Å². The molecule has 1 aromatic heterocycles. The van der Waals surface area contributed by atoms with Crippen molar-refractivity contribution in [2.75, 3.05) is 0 Å². The molecule has 3 heteroatoms. The molecule has 3 nitrogen and oxygen atoms in total. The van der Waals surface area contributed by atoms with Crippen LogP contribution in [0.25, 0.3) is 0 Å². The lowest BCUT2D eigenvalue weighted by molar-refractivity contribution is -0.0549. The largest absolute Gasteiger partial charge is 0.390 e. The maximum Gasteiger partial charge on any atom is 0.0682 e. The summed E-state index contributed by atoms with van der Waals surface area (Å²) in [4.78, 5) is 0. The molecule has 29 heavy (non-hydrogen) atoms. The Morgan fingerprint density at radius 3 is 2.86 bits per heavy atom. The number of hydrogen-bond donors (Lipinski definition) is 1. The highest BCUT2D eigenvalue weighted by atomic mass is 16.3. The average Bonchev–Trinajstić information content (AvgIpc) is 3.29. The molecular weight excluding hydrogens is 356 g/mol. The molecule has 3 fully saturated rings. The summed E-state index contributed by atoms with van der Waals surface area (Å²) >= 11 is 0. The molecular formula is C26H38N2O. The standard InChI is InChI=1S/C26H38N2O/c1-17(16-28-13-5-12-27-28)23-8-9-24-21-7-6-19-15-26(4,29)18(2)14-22(19)20(21)10-11-25(23,24)3/h5-6,12-13,18,20-24,29H,1,7-11,14-16H2,2-4H3/t18-,20-,21+,22-,23+,24-,25+,26-/m0/s1. The predicted octanol–water partition coefficient (Wildman–Crippen LogP) is 5.63. The Kier molecular flexibility index (Phi) is 4.62. The highest BCUT2D eigenvalue weighted by Gasteiger charge is 2.57. The molecule has 3 saturated carbocycles. The molecule has 0 radical (unpaired) electrons. The van der Waals surface area contributed by atoms with Crippen molar-refractivity contribution >= 4 is 0 Å². The Hall–Kier alpha value is -1.35. The molecule has 1 aromatic rings. The highest BCUT2D eigenvalue weighted by Crippen LogP contribution is 2.65. The maximum absolute atomic E-state index is 10.8. The van der Waals surface area contributed by atoms with Gasteiger partial charge in [-0.05, 0) is 98.9 Å². The van der Waals surface area contributed by atoms with Gasteiger partial charge < -0.3 is 5.11 Å². The Labute approximate surface area is 176 Å². The fourth-order valence-electron chi connectivity index (χ4n) is 8.00. The van der Waals surface area contributed by atoms with E-state index in [-0.39, 0.29) is 0 Å². The smallest absolute Gasteiger partial charge is 0.0682 e. The van der Waals surface area contributed by atoms with Crippen LogP contribution in [0.3, 0.4) is 0 Å². The molecule has 5 rings (SSSR count). The lowest BCUT2D eigenvalue weighted by atomic mass is 9.50. The molecule has 0 aromatic carbocycles. The summed E-state index contributed by atoms with van der Waals surface area (Å²) in [7, 11) is 0. The first-order chi connectivity index (χ1) is 13.8. The molecule has 4 aliphatic carbocycles. The third kappa shape index (κ3) is 3.07. The number of aromatic nitrogens is 2. The average molecular weight is 395 g/mol. The van der Waals surface area contributed by atoms with Gasteiger partial charge in [0.05, 0.1) is 12.1 Å². The lowest BCUT2D eigenvalue weighted by Gasteiger charge is -2.55. The summed E-state index contributed by atoms with van der Waals surface area (Å²) < 4.78 is 2.04. The van der Waals surface area contributed by atoms with Gasteiger partial charge in [-0.3, -0.25) is 4.68 Å². The van der Waals surface area contributed by atoms with Gasteiger partial charge in [0, 0.05) is 12.4 Å². The number of allylic oxidation sites excluding steroid dienone is 2. The SMILES string of the molecule is C=C(Cn1cccn1)[C@H]1CC[C@H]2[C@@H]3CC=C4C[C@](C)(O)[C@@H](C)C[C@@H]4[C@H]3CC[C@]12C. The van der Waals surface area contributed by atoms with E-state index in [2.05, 4.69) is 37.8 Å². The van der Waals surface area contributed by atoms with Crippen molar-refractivity contribution in [3.8, 4) is 0 Å². The van der Waals surface area contributed by atoms with Gasteiger partial charge in [0.15, 0.2) is 0 Å². The van der Waals surface area contributed by atoms with E-state index >= 15 is 0 Å². The van der Waals surface area contributed by atoms with E-state index in [0.717, 1.165) is 36.6 Å². The number of nitrogens with zero attached hydrogens (tertiary/aromatic N) is 2. The van der Waals surface area contributed by atoms with E-state index in [4.69, 9.17) is 0 Å². The van der Waals surface area contributed by atoms with Gasteiger partial charge >= 0.3 is 0 Å². The summed E-state index contributed by atoms with van der Waals surface area (Å²) in [5, 5.41) is 15.2. The van der Waals surface area contributed by atoms with Crippen molar-refractivity contribution < 1.29 is 5.11 Å². The molecule has 0 saturated heterocycles. The van der Waals surface area contributed by atoms with Crippen LogP contribution in [0.2, 0.25) is 0 Å². The van der Waals surface area contributed by atoms with Crippen LogP contribution in [0.4, 0.5) is 0 Å². The lowest BCUT2D eigenvalue weighted by Crippen LogP contribution is -2.49. The van der Waals surface area contributed by atoms with Crippen LogP contribution in [0.5, 0.6) is 0 Å². The first kappa shape index (κ1) is 19.6. The minimum atomic E-state index is -0.513. The Morgan fingerprint density at radius 1 is 1.28 bits per heavy atom. The number of aliphatic hydroxyl groups is 1. The number of hydrogen-bond acceptors (Lipinski definition) is 2. The molecule has 4 aliphatic rings. The van der Waals surface area contributed by atoms with Gasteiger partial charge in [-0.1, -0.05) is 37.6 Å². The fraction of sp³-hybridized carbons (Fsp3) is 0.731. The molecule has 0 bridgehead atoms. The van der Waals surface area contributed by atoms with E-state index in [1.165, 1.54) is 44.1 Å². The predicted molar refractivity (Wildman–Crippen MR) is 117 cm³/mol. The summed E-state index contributed by atoms with van der Waals surface area (Å²) in [6.45, 7) is 12.3. The van der Waals surface area contributed by atoms with Crippen molar-refractivity contribution in [1.82, 2.24) is 9.78 Å². The van der Waals surface area contributed by atoms with Crippen molar-refractivity contribution in [3.05, 3.63) is 42.3 Å². The second kappa shape index (κ2) is 6.83. The molecule has 1 heterocycles. The van der Waals surface area contributed by atoms with E-state index in [1.54, 1.807) is 5.57 Å². The summed E-state index contributed by atoms with van der Waals surface area (Å²) in [5.41, 5.74) is 2.85. The van der Waals surface area contributed by atoms with Gasteiger partial charge in [0.2, 0.25) is 0 Å². The summed E-state index contributed by atoms with van der Waals surface area (Å²) in [5.74, 6) is 4.26. The monoisotopic (exact) mass is 394 g/mol. The zero-order chi connectivity index (χ0) is 20.4. The molecule has 8 atom stereocenters. The first-order valence-corrected chi connectivity index (χ1v) is 11.9. The second-order valence-electron chi connectivity index (χ2n) is 11.3. The molecule has 0 aliphatic heterocycles. The van der Waals surface area contributed by atoms with Crippen LogP contribution in [0, 0.1) is 40.9 Å². The first-order valence-electron chi connectivity index (χ1n) is 11.9. The quantitative estimate of drug-likeness (QED) is 0.675. The van der Waals surface area contributed by atoms with Gasteiger partial charge in [-0.2, -0.15) is 5.10 Å². The van der Waals surface area contributed by atoms with Gasteiger partial charge in [-0.15, -0.1) is 0 Å². The van der Waals surface area contributed by atoms with Gasteiger partial charge in [0.25, 0.3) is 0 Å². The Bertz CT molecular complexity index is 807. The van der Waals surface area contributed by atoms with Crippen molar-refractivity contribution in [3.63, 3.8) is 0 Å². The van der Waals surface area contributed by atoms with Crippen LogP contribution >= 0.6 is 0 Å². The normalized spacial score (nSPS) is 46.4. The van der Waals surface area contributed by atoms with Crippen molar-refractivity contribution in [2.24, 2.45) is 40.9 Å². The zero-order valence-electron chi connectivity index (χ0n) is 18.5. The van der Waals surface area contributed by atoms with Crippen molar-refractivity contribution in [2.45, 2.75) is 77.9 Å². The molecule has 0 unspecified atom stereocenters. The summed E-state index contributed by atoms with van der Waals surface area (Å²) in [6.07, 6.45) is 15.2. The van der Waals surface area contributed by atoms with Gasteiger partial charge in [0.1, 0.15) is 0 Å². The maximum atomic E-state index is 10.8. The molecule has 1 N–H and O–H groups in total. The fourth-order valence-corrected chi connectivity index (χ4v) is 8.00. The number of rotatable bonds is 3. The van der Waals surface area contributed by atoms with E-state index in [0.29, 0.717) is 17.3 Å². The molecule has 0 amide bonds. The van der Waals surface area contributed by atoms with Crippen LogP contribution in [-0.2, 0) is 6.54 Å². The van der Waals surface area contributed by atoms with Crippen molar-refractivity contribution in [1.29, 1.82) is 0 Å². The third-order valence-corrected chi connectivity index (χ3v) is 9.79. The van der Waals surface area contributed by atoms with E-state index in [9.17, 15) is 5.11 Å². The summed E-state index contributed by atoms with van der Waals surface area (Å²) in [6, 6.07) is 2.01. The molecule has 158 valence electrons. The van der Waals surface area contributed by atoms with Gasteiger partial charge in [-0.25, -0.2) is 0 Å². The minimum absolute atomic E-state index is 0.405. The van der Waals surface area contributed by atoms with Crippen LogP contribution < -0.4 is 0 Å². The topological polar surface area (TPSA) is 38.0 Å². The Morgan fingerprint density at radius 2 is 2.10 bits per heavy atom. The Balaban J connectivity index is 1.36. The second-order valence-corrected chi connectivity index (χ2v) is 11.3. The van der Waals surface area contributed by atoms with E-state index < -0.39 is 5.60 Å². The minimum Gasteiger partial charge on any atom is -0.390 e. The third-order valence-electron chi connectivity index (χ3n) is 9.79. The number of fused-ring (bicyclic) bond motifs is 5. The van der Waals surface area contributed by atoms with Crippen LogP contribution in [-0.4, -0.2) is 20.5 Å². The zero-order valence-corrected chi connectivity index (χ0v) is 18.5. The van der Waals surface area contributed by atoms with Crippen LogP contribution in [0.15, 0.2) is 42.3 Å². The van der Waals surface area contributed by atoms with E-state index in [1.807, 2.05) is 23.9 Å².